The van der Waals surface area contributed by atoms with Gasteiger partial charge < -0.3 is 9.88 Å². The molecule has 3 aromatic rings. The number of nitrogens with one attached hydrogen (secondary N) is 1. The lowest BCUT2D eigenvalue weighted by Crippen LogP contribution is -2.28. The average molecular weight is 326 g/mol. The first-order chi connectivity index (χ1) is 11.5. The molecule has 0 atom stereocenters. The van der Waals surface area contributed by atoms with Crippen molar-refractivity contribution in [2.45, 2.75) is 33.7 Å². The monoisotopic (exact) mass is 326 g/mol. The molecule has 126 valence electrons. The molecule has 7 heteroatoms. The quantitative estimate of drug-likeness (QED) is 0.775. The van der Waals surface area contributed by atoms with Crippen LogP contribution < -0.4 is 5.32 Å². The third-order valence-corrected chi connectivity index (χ3v) is 4.10. The van der Waals surface area contributed by atoms with Crippen LogP contribution in [0.5, 0.6) is 0 Å². The van der Waals surface area contributed by atoms with Crippen molar-refractivity contribution in [1.82, 2.24) is 29.6 Å². The maximum Gasteiger partial charge on any atom is 0.252 e. The minimum Gasteiger partial charge on any atom is -0.350 e. The first kappa shape index (κ1) is 16.2. The summed E-state index contributed by atoms with van der Waals surface area (Å²) in [7, 11) is 1.84. The van der Waals surface area contributed by atoms with Gasteiger partial charge in [0.15, 0.2) is 5.65 Å². The van der Waals surface area contributed by atoms with Crippen LogP contribution in [0.2, 0.25) is 0 Å². The maximum atomic E-state index is 12.7. The van der Waals surface area contributed by atoms with E-state index in [1.165, 1.54) is 0 Å². The van der Waals surface area contributed by atoms with E-state index in [-0.39, 0.29) is 5.91 Å². The number of hydrogen-bond donors (Lipinski definition) is 1. The number of aryl methyl sites for hydroxylation is 4. The Bertz CT molecular complexity index is 892. The minimum atomic E-state index is -0.0974. The predicted molar refractivity (Wildman–Crippen MR) is 91.9 cm³/mol. The first-order valence-corrected chi connectivity index (χ1v) is 8.10. The van der Waals surface area contributed by atoms with Crippen molar-refractivity contribution >= 4 is 16.9 Å². The van der Waals surface area contributed by atoms with E-state index in [0.29, 0.717) is 18.7 Å². The number of hydrogen-bond acceptors (Lipinski definition) is 4. The van der Waals surface area contributed by atoms with Crippen molar-refractivity contribution in [2.75, 3.05) is 6.54 Å². The number of nitrogens with zero attached hydrogens (tertiary/aromatic N) is 5. The van der Waals surface area contributed by atoms with Gasteiger partial charge in [-0.2, -0.15) is 5.10 Å². The van der Waals surface area contributed by atoms with Crippen molar-refractivity contribution in [1.29, 1.82) is 0 Å². The zero-order chi connectivity index (χ0) is 17.3. The molecule has 1 amide bonds. The standard InChI is InChI=1S/C17H22N6O/c1-5-14-18-6-8-23(14)9-7-19-17(24)13-10-11(2)20-16-15(13)12(3)21-22(16)4/h6,8,10H,5,7,9H2,1-4H3,(H,19,24). The SMILES string of the molecule is CCc1nccn1CCNC(=O)c1cc(C)nc2c1c(C)nn2C. The molecule has 0 aliphatic heterocycles. The van der Waals surface area contributed by atoms with Crippen LogP contribution in [0.4, 0.5) is 0 Å². The Morgan fingerprint density at radius 1 is 1.33 bits per heavy atom. The Labute approximate surface area is 140 Å². The lowest BCUT2D eigenvalue weighted by Gasteiger charge is -2.09. The van der Waals surface area contributed by atoms with Gasteiger partial charge in [-0.1, -0.05) is 6.92 Å². The molecule has 0 aliphatic carbocycles. The molecule has 3 aromatic heterocycles. The number of pyridine rings is 1. The molecule has 0 saturated heterocycles. The highest BCUT2D eigenvalue weighted by Gasteiger charge is 2.17. The second kappa shape index (κ2) is 6.43. The van der Waals surface area contributed by atoms with Gasteiger partial charge in [-0.25, -0.2) is 9.97 Å². The zero-order valence-corrected chi connectivity index (χ0v) is 14.5. The van der Waals surface area contributed by atoms with Crippen LogP contribution in [-0.2, 0) is 20.0 Å². The average Bonchev–Trinajstić information content (AvgIpc) is 3.11. The summed E-state index contributed by atoms with van der Waals surface area (Å²) in [6.45, 7) is 7.10. The molecule has 24 heavy (non-hydrogen) atoms. The number of carbonyl (C=O) groups excluding carboxylic acids is 1. The van der Waals surface area contributed by atoms with Crippen LogP contribution in [0.25, 0.3) is 11.0 Å². The number of imidazole rings is 1. The van der Waals surface area contributed by atoms with E-state index >= 15 is 0 Å². The molecule has 7 nitrogen and oxygen atoms in total. The largest absolute Gasteiger partial charge is 0.350 e. The summed E-state index contributed by atoms with van der Waals surface area (Å²) in [5, 5.41) is 8.19. The highest BCUT2D eigenvalue weighted by molar-refractivity contribution is 6.06. The van der Waals surface area contributed by atoms with Crippen molar-refractivity contribution < 1.29 is 4.79 Å². The van der Waals surface area contributed by atoms with Crippen LogP contribution in [0.1, 0.15) is 34.5 Å². The van der Waals surface area contributed by atoms with E-state index in [9.17, 15) is 4.79 Å². The number of rotatable bonds is 5. The fourth-order valence-corrected chi connectivity index (χ4v) is 2.99. The van der Waals surface area contributed by atoms with Crippen molar-refractivity contribution in [3.63, 3.8) is 0 Å². The fourth-order valence-electron chi connectivity index (χ4n) is 2.99. The molecule has 0 bridgehead atoms. The highest BCUT2D eigenvalue weighted by Crippen LogP contribution is 2.21. The second-order valence-electron chi connectivity index (χ2n) is 5.87. The molecule has 0 fully saturated rings. The fraction of sp³-hybridized carbons (Fsp3) is 0.412. The van der Waals surface area contributed by atoms with Gasteiger partial charge in [-0.15, -0.1) is 0 Å². The van der Waals surface area contributed by atoms with E-state index in [1.807, 2.05) is 33.2 Å². The predicted octanol–water partition coefficient (Wildman–Crippen LogP) is 1.77. The molecule has 0 aromatic carbocycles. The lowest BCUT2D eigenvalue weighted by atomic mass is 10.1. The Morgan fingerprint density at radius 2 is 2.12 bits per heavy atom. The molecular weight excluding hydrogens is 304 g/mol. The summed E-state index contributed by atoms with van der Waals surface area (Å²) in [6.07, 6.45) is 4.60. The van der Waals surface area contributed by atoms with E-state index in [2.05, 4.69) is 31.9 Å². The highest BCUT2D eigenvalue weighted by atomic mass is 16.1. The molecule has 1 N–H and O–H groups in total. The minimum absolute atomic E-state index is 0.0974. The molecule has 3 rings (SSSR count). The molecule has 0 radical (unpaired) electrons. The van der Waals surface area contributed by atoms with Gasteiger partial charge in [0.1, 0.15) is 5.82 Å². The number of amides is 1. The lowest BCUT2D eigenvalue weighted by molar-refractivity contribution is 0.0953. The van der Waals surface area contributed by atoms with Crippen LogP contribution in [-0.4, -0.2) is 36.8 Å². The molecule has 0 unspecified atom stereocenters. The molecular formula is C17H22N6O. The van der Waals surface area contributed by atoms with Gasteiger partial charge in [0.05, 0.1) is 16.6 Å². The summed E-state index contributed by atoms with van der Waals surface area (Å²) >= 11 is 0. The van der Waals surface area contributed by atoms with Gasteiger partial charge in [0.2, 0.25) is 0 Å². The van der Waals surface area contributed by atoms with E-state index in [0.717, 1.165) is 34.7 Å². The summed E-state index contributed by atoms with van der Waals surface area (Å²) < 4.78 is 3.77. The van der Waals surface area contributed by atoms with Crippen LogP contribution >= 0.6 is 0 Å². The smallest absolute Gasteiger partial charge is 0.252 e. The van der Waals surface area contributed by atoms with E-state index in [4.69, 9.17) is 0 Å². The van der Waals surface area contributed by atoms with Gasteiger partial charge in [0.25, 0.3) is 5.91 Å². The van der Waals surface area contributed by atoms with Gasteiger partial charge in [-0.3, -0.25) is 9.48 Å². The van der Waals surface area contributed by atoms with Crippen LogP contribution in [0.15, 0.2) is 18.5 Å². The van der Waals surface area contributed by atoms with E-state index in [1.54, 1.807) is 10.9 Å². The van der Waals surface area contributed by atoms with E-state index < -0.39 is 0 Å². The third kappa shape index (κ3) is 2.89. The Kier molecular flexibility index (Phi) is 4.33. The summed E-state index contributed by atoms with van der Waals surface area (Å²) in [4.78, 5) is 21.4. The Morgan fingerprint density at radius 3 is 2.88 bits per heavy atom. The van der Waals surface area contributed by atoms with Gasteiger partial charge in [-0.05, 0) is 19.9 Å². The van der Waals surface area contributed by atoms with Crippen molar-refractivity contribution in [2.24, 2.45) is 7.05 Å². The molecule has 0 saturated carbocycles. The van der Waals surface area contributed by atoms with Crippen molar-refractivity contribution in [3.8, 4) is 0 Å². The first-order valence-electron chi connectivity index (χ1n) is 8.10. The summed E-state index contributed by atoms with van der Waals surface area (Å²) in [5.74, 6) is 0.925. The summed E-state index contributed by atoms with van der Waals surface area (Å²) in [5.41, 5.74) is 2.98. The third-order valence-electron chi connectivity index (χ3n) is 4.10. The van der Waals surface area contributed by atoms with Gasteiger partial charge in [0, 0.05) is 44.6 Å². The number of aromatic nitrogens is 5. The molecule has 0 spiro atoms. The second-order valence-corrected chi connectivity index (χ2v) is 5.87. The van der Waals surface area contributed by atoms with Crippen molar-refractivity contribution in [3.05, 3.63) is 41.2 Å². The Hall–Kier alpha value is -2.70. The van der Waals surface area contributed by atoms with Crippen LogP contribution in [0, 0.1) is 13.8 Å². The topological polar surface area (TPSA) is 77.6 Å². The van der Waals surface area contributed by atoms with Crippen LogP contribution in [0.3, 0.4) is 0 Å². The normalized spacial score (nSPS) is 11.2. The summed E-state index contributed by atoms with van der Waals surface area (Å²) in [6, 6.07) is 1.82. The number of carbonyl (C=O) groups is 1. The van der Waals surface area contributed by atoms with Gasteiger partial charge >= 0.3 is 0 Å². The molecule has 0 aliphatic rings. The molecule has 3 heterocycles. The Balaban J connectivity index is 1.79. The zero-order valence-electron chi connectivity index (χ0n) is 14.5. The maximum absolute atomic E-state index is 12.7. The number of fused-ring (bicyclic) bond motifs is 1.